The van der Waals surface area contributed by atoms with E-state index in [1.807, 2.05) is 6.92 Å². The molecule has 18 heavy (non-hydrogen) atoms. The molecule has 0 aliphatic carbocycles. The zero-order valence-corrected chi connectivity index (χ0v) is 11.8. The Morgan fingerprint density at radius 3 is 2.78 bits per heavy atom. The van der Waals surface area contributed by atoms with Gasteiger partial charge in [-0.1, -0.05) is 18.7 Å². The number of carboxylic acids is 1. The number of carbonyl (C=O) groups is 2. The second-order valence-corrected chi connectivity index (χ2v) is 6.76. The largest absolute Gasteiger partial charge is 0.477 e. The minimum atomic E-state index is -1.07. The summed E-state index contributed by atoms with van der Waals surface area (Å²) in [5.74, 6) is -1.01. The number of aliphatic hydroxyl groups excluding tert-OH is 1. The van der Waals surface area contributed by atoms with Gasteiger partial charge in [-0.3, -0.25) is 9.69 Å². The van der Waals surface area contributed by atoms with Crippen LogP contribution in [0.1, 0.15) is 20.3 Å². The molecule has 0 unspecified atom stereocenters. The summed E-state index contributed by atoms with van der Waals surface area (Å²) in [6, 6.07) is 0. The summed E-state index contributed by atoms with van der Waals surface area (Å²) in [6.45, 7) is 3.59. The van der Waals surface area contributed by atoms with E-state index in [-0.39, 0.29) is 17.0 Å². The normalized spacial score (nSPS) is 28.2. The van der Waals surface area contributed by atoms with E-state index in [1.54, 1.807) is 6.92 Å². The fourth-order valence-electron chi connectivity index (χ4n) is 2.05. The van der Waals surface area contributed by atoms with Crippen LogP contribution in [0.2, 0.25) is 0 Å². The van der Waals surface area contributed by atoms with Crippen LogP contribution in [0.25, 0.3) is 0 Å². The molecule has 0 aromatic heterocycles. The molecule has 0 aromatic carbocycles. The van der Waals surface area contributed by atoms with Crippen molar-refractivity contribution in [2.75, 3.05) is 5.75 Å². The smallest absolute Gasteiger partial charge is 0.354 e. The SMILES string of the molecule is CCCSC1=C(C(=O)O)N2C(=O)[C@H]([C@@H](C)O)[C@H]2S1. The lowest BCUT2D eigenvalue weighted by molar-refractivity contribution is -0.156. The molecule has 5 nitrogen and oxygen atoms in total. The number of hydrogen-bond donors (Lipinski definition) is 2. The average Bonchev–Trinajstić information content (AvgIpc) is 2.60. The number of aliphatic hydroxyl groups is 1. The lowest BCUT2D eigenvalue weighted by atomic mass is 9.92. The number of rotatable bonds is 5. The first-order valence-electron chi connectivity index (χ1n) is 5.77. The van der Waals surface area contributed by atoms with E-state index in [0.29, 0.717) is 4.24 Å². The molecule has 2 N–H and O–H groups in total. The van der Waals surface area contributed by atoms with Crippen LogP contribution in [0.4, 0.5) is 0 Å². The number of amides is 1. The van der Waals surface area contributed by atoms with E-state index < -0.39 is 18.0 Å². The van der Waals surface area contributed by atoms with Gasteiger partial charge in [0.15, 0.2) is 5.70 Å². The molecule has 100 valence electrons. The highest BCUT2D eigenvalue weighted by molar-refractivity contribution is 8.22. The first-order valence-corrected chi connectivity index (χ1v) is 7.63. The van der Waals surface area contributed by atoms with Crippen LogP contribution >= 0.6 is 23.5 Å². The second-order valence-electron chi connectivity index (χ2n) is 4.27. The molecule has 0 radical (unpaired) electrons. The van der Waals surface area contributed by atoms with Crippen molar-refractivity contribution in [3.8, 4) is 0 Å². The Morgan fingerprint density at radius 1 is 1.61 bits per heavy atom. The molecular formula is C11H15NO4S2. The molecule has 0 saturated carbocycles. The maximum absolute atomic E-state index is 11.9. The average molecular weight is 289 g/mol. The van der Waals surface area contributed by atoms with Gasteiger partial charge in [0.25, 0.3) is 0 Å². The molecule has 0 spiro atoms. The maximum atomic E-state index is 11.9. The van der Waals surface area contributed by atoms with Gasteiger partial charge in [-0.15, -0.1) is 11.8 Å². The fraction of sp³-hybridized carbons (Fsp3) is 0.636. The lowest BCUT2D eigenvalue weighted by Gasteiger charge is -2.43. The zero-order chi connectivity index (χ0) is 13.4. The second kappa shape index (κ2) is 5.14. The summed E-state index contributed by atoms with van der Waals surface area (Å²) < 4.78 is 0.686. The number of nitrogens with zero attached hydrogens (tertiary/aromatic N) is 1. The topological polar surface area (TPSA) is 77.8 Å². The molecule has 1 saturated heterocycles. The molecule has 2 aliphatic rings. The Bertz CT molecular complexity index is 421. The van der Waals surface area contributed by atoms with E-state index in [2.05, 4.69) is 0 Å². The molecule has 2 aliphatic heterocycles. The van der Waals surface area contributed by atoms with Crippen molar-refractivity contribution in [1.29, 1.82) is 0 Å². The fourth-order valence-corrected chi connectivity index (χ4v) is 4.90. The molecule has 3 atom stereocenters. The Hall–Kier alpha value is -0.660. The number of carbonyl (C=O) groups excluding carboxylic acids is 1. The first kappa shape index (κ1) is 13.8. The third kappa shape index (κ3) is 2.04. The Kier molecular flexibility index (Phi) is 3.93. The van der Waals surface area contributed by atoms with Gasteiger partial charge in [-0.2, -0.15) is 0 Å². The number of carboxylic acid groups (broad SMARTS) is 1. The molecule has 1 fully saturated rings. The summed E-state index contributed by atoms with van der Waals surface area (Å²) >= 11 is 2.85. The van der Waals surface area contributed by atoms with Crippen LogP contribution in [0.3, 0.4) is 0 Å². The summed E-state index contributed by atoms with van der Waals surface area (Å²) in [5.41, 5.74) is 0.0883. The van der Waals surface area contributed by atoms with Gasteiger partial charge in [0.2, 0.25) is 5.91 Å². The Labute approximate surface area is 114 Å². The molecule has 0 aromatic rings. The van der Waals surface area contributed by atoms with Crippen LogP contribution < -0.4 is 0 Å². The van der Waals surface area contributed by atoms with Gasteiger partial charge in [-0.25, -0.2) is 4.79 Å². The van der Waals surface area contributed by atoms with Crippen molar-refractivity contribution in [1.82, 2.24) is 4.90 Å². The zero-order valence-electron chi connectivity index (χ0n) is 10.1. The van der Waals surface area contributed by atoms with Gasteiger partial charge in [0.1, 0.15) is 5.37 Å². The van der Waals surface area contributed by atoms with Crippen LogP contribution in [-0.4, -0.2) is 44.2 Å². The van der Waals surface area contributed by atoms with Crippen molar-refractivity contribution in [3.63, 3.8) is 0 Å². The lowest BCUT2D eigenvalue weighted by Crippen LogP contribution is -2.60. The van der Waals surface area contributed by atoms with Crippen molar-refractivity contribution >= 4 is 35.4 Å². The van der Waals surface area contributed by atoms with Crippen LogP contribution in [-0.2, 0) is 9.59 Å². The summed E-state index contributed by atoms with van der Waals surface area (Å²) in [7, 11) is 0. The number of β-lactam (4-membered cyclic amide) rings is 1. The van der Waals surface area contributed by atoms with E-state index >= 15 is 0 Å². The van der Waals surface area contributed by atoms with E-state index in [4.69, 9.17) is 0 Å². The monoisotopic (exact) mass is 289 g/mol. The minimum Gasteiger partial charge on any atom is -0.477 e. The number of fused-ring (bicyclic) bond motifs is 1. The molecule has 7 heteroatoms. The van der Waals surface area contributed by atoms with Crippen LogP contribution in [0.5, 0.6) is 0 Å². The van der Waals surface area contributed by atoms with Crippen LogP contribution in [0, 0.1) is 5.92 Å². The van der Waals surface area contributed by atoms with Crippen molar-refractivity contribution in [3.05, 3.63) is 9.93 Å². The number of aliphatic carboxylic acids is 1. The van der Waals surface area contributed by atoms with Gasteiger partial charge in [0.05, 0.1) is 16.3 Å². The highest BCUT2D eigenvalue weighted by Crippen LogP contribution is 2.53. The van der Waals surface area contributed by atoms with E-state index in [1.165, 1.54) is 28.4 Å². The van der Waals surface area contributed by atoms with E-state index in [0.717, 1.165) is 12.2 Å². The predicted octanol–water partition coefficient (Wildman–Crippen LogP) is 1.30. The van der Waals surface area contributed by atoms with Gasteiger partial charge in [-0.05, 0) is 19.1 Å². The predicted molar refractivity (Wildman–Crippen MR) is 70.8 cm³/mol. The van der Waals surface area contributed by atoms with Gasteiger partial charge in [0, 0.05) is 0 Å². The minimum absolute atomic E-state index is 0.0883. The van der Waals surface area contributed by atoms with Gasteiger partial charge < -0.3 is 10.2 Å². The van der Waals surface area contributed by atoms with Crippen molar-refractivity contribution in [2.45, 2.75) is 31.7 Å². The number of hydrogen-bond acceptors (Lipinski definition) is 5. The van der Waals surface area contributed by atoms with Crippen molar-refractivity contribution < 1.29 is 19.8 Å². The Morgan fingerprint density at radius 2 is 2.28 bits per heavy atom. The number of thioether (sulfide) groups is 2. The van der Waals surface area contributed by atoms with Crippen LogP contribution in [0.15, 0.2) is 9.93 Å². The summed E-state index contributed by atoms with van der Waals surface area (Å²) in [6.07, 6.45) is 0.205. The summed E-state index contributed by atoms with van der Waals surface area (Å²) in [5, 5.41) is 18.5. The highest BCUT2D eigenvalue weighted by atomic mass is 32.2. The molecule has 1 amide bonds. The van der Waals surface area contributed by atoms with Crippen molar-refractivity contribution in [2.24, 2.45) is 5.92 Å². The Balaban J connectivity index is 2.21. The maximum Gasteiger partial charge on any atom is 0.354 e. The molecule has 2 heterocycles. The third-order valence-corrected chi connectivity index (χ3v) is 5.77. The van der Waals surface area contributed by atoms with Gasteiger partial charge >= 0.3 is 5.97 Å². The molecular weight excluding hydrogens is 274 g/mol. The highest BCUT2D eigenvalue weighted by Gasteiger charge is 2.57. The third-order valence-electron chi connectivity index (χ3n) is 2.91. The first-order chi connectivity index (χ1) is 8.49. The summed E-state index contributed by atoms with van der Waals surface area (Å²) in [4.78, 5) is 24.4. The quantitative estimate of drug-likeness (QED) is 0.743. The molecule has 2 rings (SSSR count). The van der Waals surface area contributed by atoms with E-state index in [9.17, 15) is 19.8 Å². The molecule has 0 bridgehead atoms. The standard InChI is InChI=1S/C11H15NO4S2/c1-3-4-17-11-7(10(15)16)12-8(14)6(5(2)13)9(12)18-11/h5-6,9,13H,3-4H2,1-2H3,(H,15,16)/t5-,6+,9-/m1/s1.